The fourth-order valence-corrected chi connectivity index (χ4v) is 3.45. The molecule has 106 valence electrons. The number of hydrogen-bond donors (Lipinski definition) is 1. The summed E-state index contributed by atoms with van der Waals surface area (Å²) in [6.07, 6.45) is 1.53. The molecule has 0 aliphatic carbocycles. The van der Waals surface area contributed by atoms with E-state index in [9.17, 15) is 13.6 Å². The van der Waals surface area contributed by atoms with Crippen molar-refractivity contribution in [3.63, 3.8) is 0 Å². The van der Waals surface area contributed by atoms with E-state index in [0.29, 0.717) is 22.4 Å². The Morgan fingerprint density at radius 3 is 2.52 bits per heavy atom. The normalized spacial score (nSPS) is 15.2. The van der Waals surface area contributed by atoms with Crippen molar-refractivity contribution in [3.05, 3.63) is 62.0 Å². The lowest BCUT2D eigenvalue weighted by Gasteiger charge is -2.03. The molecule has 0 fully saturated rings. The third kappa shape index (κ3) is 2.65. The highest BCUT2D eigenvalue weighted by molar-refractivity contribution is 9.11. The number of carbonyl (C=O) groups is 1. The molecule has 0 aromatic heterocycles. The van der Waals surface area contributed by atoms with Crippen molar-refractivity contribution in [2.45, 2.75) is 0 Å². The van der Waals surface area contributed by atoms with Crippen LogP contribution < -0.4 is 5.32 Å². The van der Waals surface area contributed by atoms with E-state index in [4.69, 9.17) is 0 Å². The number of amides is 1. The van der Waals surface area contributed by atoms with E-state index in [2.05, 4.69) is 37.2 Å². The average molecular weight is 415 g/mol. The van der Waals surface area contributed by atoms with Crippen LogP contribution in [-0.4, -0.2) is 5.91 Å². The minimum Gasteiger partial charge on any atom is -0.320 e. The van der Waals surface area contributed by atoms with Gasteiger partial charge in [0.1, 0.15) is 0 Å². The predicted octanol–water partition coefficient (Wildman–Crippen LogP) is 4.98. The van der Waals surface area contributed by atoms with Crippen LogP contribution in [0.2, 0.25) is 0 Å². The molecule has 0 saturated carbocycles. The van der Waals surface area contributed by atoms with Crippen LogP contribution in [0, 0.1) is 11.6 Å². The number of benzene rings is 2. The SMILES string of the molecule is O=C1Nc2c(Br)cc(Br)cc2C1=Cc1ccc(F)c(F)c1. The second kappa shape index (κ2) is 5.35. The van der Waals surface area contributed by atoms with E-state index < -0.39 is 11.6 Å². The highest BCUT2D eigenvalue weighted by atomic mass is 79.9. The molecule has 6 heteroatoms. The number of anilines is 1. The van der Waals surface area contributed by atoms with Crippen molar-refractivity contribution in [2.24, 2.45) is 0 Å². The molecule has 1 N–H and O–H groups in total. The van der Waals surface area contributed by atoms with Crippen LogP contribution >= 0.6 is 31.9 Å². The van der Waals surface area contributed by atoms with Gasteiger partial charge in [0.2, 0.25) is 0 Å². The fraction of sp³-hybridized carbons (Fsp3) is 0. The molecule has 2 aromatic carbocycles. The minimum atomic E-state index is -0.946. The van der Waals surface area contributed by atoms with Crippen molar-refractivity contribution >= 4 is 55.1 Å². The minimum absolute atomic E-state index is 0.284. The monoisotopic (exact) mass is 413 g/mol. The predicted molar refractivity (Wildman–Crippen MR) is 84.7 cm³/mol. The molecule has 0 saturated heterocycles. The van der Waals surface area contributed by atoms with E-state index in [-0.39, 0.29) is 5.91 Å². The van der Waals surface area contributed by atoms with Gasteiger partial charge < -0.3 is 5.32 Å². The van der Waals surface area contributed by atoms with Gasteiger partial charge in [-0.15, -0.1) is 0 Å². The standard InChI is InChI=1S/C15H7Br2F2NO/c16-8-5-9-10(15(21)20-14(9)11(17)6-8)3-7-1-2-12(18)13(19)4-7/h1-6H,(H,20,21). The van der Waals surface area contributed by atoms with E-state index in [1.165, 1.54) is 12.1 Å². The van der Waals surface area contributed by atoms with Gasteiger partial charge in [0.25, 0.3) is 5.91 Å². The van der Waals surface area contributed by atoms with Gasteiger partial charge in [0.05, 0.1) is 5.69 Å². The highest BCUT2D eigenvalue weighted by Crippen LogP contribution is 2.40. The Bertz CT molecular complexity index is 803. The van der Waals surface area contributed by atoms with E-state index in [0.717, 1.165) is 21.1 Å². The zero-order chi connectivity index (χ0) is 15.1. The van der Waals surface area contributed by atoms with Crippen LogP contribution in [0.5, 0.6) is 0 Å². The van der Waals surface area contributed by atoms with Gasteiger partial charge in [-0.05, 0) is 51.8 Å². The molecule has 1 amide bonds. The molecule has 0 radical (unpaired) electrons. The van der Waals surface area contributed by atoms with Crippen LogP contribution in [0.4, 0.5) is 14.5 Å². The molecular formula is C15H7Br2F2NO. The maximum absolute atomic E-state index is 13.3. The molecule has 0 spiro atoms. The van der Waals surface area contributed by atoms with E-state index in [1.54, 1.807) is 6.07 Å². The summed E-state index contributed by atoms with van der Waals surface area (Å²) in [4.78, 5) is 12.1. The van der Waals surface area contributed by atoms with Gasteiger partial charge >= 0.3 is 0 Å². The van der Waals surface area contributed by atoms with Crippen LogP contribution in [0.15, 0.2) is 39.3 Å². The van der Waals surface area contributed by atoms with Crippen molar-refractivity contribution in [1.82, 2.24) is 0 Å². The number of halogens is 4. The van der Waals surface area contributed by atoms with Crippen molar-refractivity contribution in [1.29, 1.82) is 0 Å². The van der Waals surface area contributed by atoms with Gasteiger partial charge in [-0.1, -0.05) is 22.0 Å². The second-order valence-electron chi connectivity index (χ2n) is 4.50. The van der Waals surface area contributed by atoms with Gasteiger partial charge in [0.15, 0.2) is 11.6 Å². The molecule has 0 atom stereocenters. The lowest BCUT2D eigenvalue weighted by atomic mass is 10.0. The Hall–Kier alpha value is -1.53. The third-order valence-electron chi connectivity index (χ3n) is 3.08. The fourth-order valence-electron chi connectivity index (χ4n) is 2.13. The Labute approximate surface area is 136 Å². The maximum atomic E-state index is 13.3. The summed E-state index contributed by atoms with van der Waals surface area (Å²) in [7, 11) is 0. The van der Waals surface area contributed by atoms with Crippen molar-refractivity contribution in [3.8, 4) is 0 Å². The second-order valence-corrected chi connectivity index (χ2v) is 6.27. The van der Waals surface area contributed by atoms with E-state index in [1.807, 2.05) is 6.07 Å². The molecule has 0 unspecified atom stereocenters. The largest absolute Gasteiger partial charge is 0.320 e. The Kier molecular flexibility index (Phi) is 3.67. The maximum Gasteiger partial charge on any atom is 0.256 e. The first-order valence-electron chi connectivity index (χ1n) is 5.93. The molecule has 2 aromatic rings. The van der Waals surface area contributed by atoms with Gasteiger partial charge in [-0.2, -0.15) is 0 Å². The van der Waals surface area contributed by atoms with Crippen LogP contribution in [0.3, 0.4) is 0 Å². The zero-order valence-corrected chi connectivity index (χ0v) is 13.6. The topological polar surface area (TPSA) is 29.1 Å². The molecule has 1 aliphatic heterocycles. The van der Waals surface area contributed by atoms with Crippen LogP contribution in [-0.2, 0) is 4.79 Å². The summed E-state index contributed by atoms with van der Waals surface area (Å²) in [5, 5.41) is 2.75. The highest BCUT2D eigenvalue weighted by Gasteiger charge is 2.26. The quantitative estimate of drug-likeness (QED) is 0.655. The smallest absolute Gasteiger partial charge is 0.256 e. The lowest BCUT2D eigenvalue weighted by molar-refractivity contribution is -0.110. The molecule has 0 bridgehead atoms. The van der Waals surface area contributed by atoms with Crippen molar-refractivity contribution in [2.75, 3.05) is 5.32 Å². The summed E-state index contributed by atoms with van der Waals surface area (Å²) >= 11 is 6.74. The number of rotatable bonds is 1. The molecule has 2 nitrogen and oxygen atoms in total. The summed E-state index contributed by atoms with van der Waals surface area (Å²) in [6, 6.07) is 7.12. The first-order valence-corrected chi connectivity index (χ1v) is 7.52. The molecule has 1 aliphatic rings. The summed E-state index contributed by atoms with van der Waals surface area (Å²) in [5.41, 5.74) is 2.18. The lowest BCUT2D eigenvalue weighted by Crippen LogP contribution is -2.03. The summed E-state index contributed by atoms with van der Waals surface area (Å²) in [5.74, 6) is -2.15. The Balaban J connectivity index is 2.14. The summed E-state index contributed by atoms with van der Waals surface area (Å²) < 4.78 is 27.8. The number of nitrogens with one attached hydrogen (secondary N) is 1. The zero-order valence-electron chi connectivity index (χ0n) is 10.4. The third-order valence-corrected chi connectivity index (χ3v) is 4.17. The number of carbonyl (C=O) groups excluding carboxylic acids is 1. The van der Waals surface area contributed by atoms with Crippen LogP contribution in [0.25, 0.3) is 11.6 Å². The van der Waals surface area contributed by atoms with Gasteiger partial charge in [-0.3, -0.25) is 4.79 Å². The van der Waals surface area contributed by atoms with Gasteiger partial charge in [0, 0.05) is 20.1 Å². The van der Waals surface area contributed by atoms with Gasteiger partial charge in [-0.25, -0.2) is 8.78 Å². The summed E-state index contributed by atoms with van der Waals surface area (Å²) in [6.45, 7) is 0. The molecule has 21 heavy (non-hydrogen) atoms. The van der Waals surface area contributed by atoms with E-state index >= 15 is 0 Å². The number of fused-ring (bicyclic) bond motifs is 1. The molecular weight excluding hydrogens is 408 g/mol. The average Bonchev–Trinajstić information content (AvgIpc) is 2.72. The van der Waals surface area contributed by atoms with Crippen LogP contribution in [0.1, 0.15) is 11.1 Å². The Morgan fingerprint density at radius 1 is 1.05 bits per heavy atom. The first kappa shape index (κ1) is 14.4. The molecule has 3 rings (SSSR count). The Morgan fingerprint density at radius 2 is 1.81 bits per heavy atom. The molecule has 1 heterocycles. The van der Waals surface area contributed by atoms with Crippen molar-refractivity contribution < 1.29 is 13.6 Å². The number of hydrogen-bond acceptors (Lipinski definition) is 1. The first-order chi connectivity index (χ1) is 9.95.